The van der Waals surface area contributed by atoms with Crippen molar-refractivity contribution in [2.45, 2.75) is 57.6 Å². The second-order valence-corrected chi connectivity index (χ2v) is 4.58. The Morgan fingerprint density at radius 1 is 1.29 bits per heavy atom. The van der Waals surface area contributed by atoms with Crippen molar-refractivity contribution in [1.82, 2.24) is 5.32 Å². The van der Waals surface area contributed by atoms with Crippen LogP contribution in [0.4, 0.5) is 4.79 Å². The summed E-state index contributed by atoms with van der Waals surface area (Å²) in [4.78, 5) is 11.4. The van der Waals surface area contributed by atoms with Gasteiger partial charge in [-0.05, 0) is 51.4 Å². The molecular weight excluding hydrogens is 178 g/mol. The van der Waals surface area contributed by atoms with E-state index < -0.39 is 0 Å². The van der Waals surface area contributed by atoms with Gasteiger partial charge in [0.1, 0.15) is 6.10 Å². The first-order valence-electron chi connectivity index (χ1n) is 5.73. The van der Waals surface area contributed by atoms with Gasteiger partial charge in [0.2, 0.25) is 0 Å². The summed E-state index contributed by atoms with van der Waals surface area (Å²) in [5, 5.41) is 2.91. The predicted octanol–water partition coefficient (Wildman–Crippen LogP) is 2.45. The molecule has 2 rings (SSSR count). The van der Waals surface area contributed by atoms with E-state index in [-0.39, 0.29) is 12.2 Å². The lowest BCUT2D eigenvalue weighted by molar-refractivity contribution is 0.0976. The largest absolute Gasteiger partial charge is 0.446 e. The van der Waals surface area contributed by atoms with Crippen LogP contribution in [0.25, 0.3) is 0 Å². The minimum absolute atomic E-state index is 0.182. The van der Waals surface area contributed by atoms with Gasteiger partial charge in [0.25, 0.3) is 0 Å². The number of rotatable bonds is 3. The molecule has 80 valence electrons. The van der Waals surface area contributed by atoms with Crippen LogP contribution in [0.3, 0.4) is 0 Å². The Hall–Kier alpha value is -0.730. The number of carbonyl (C=O) groups is 1. The first kappa shape index (κ1) is 9.81. The Bertz CT molecular complexity index is 201. The molecule has 1 atom stereocenters. The molecule has 0 aromatic rings. The lowest BCUT2D eigenvalue weighted by Crippen LogP contribution is -2.36. The van der Waals surface area contributed by atoms with Crippen LogP contribution in [-0.4, -0.2) is 18.2 Å². The van der Waals surface area contributed by atoms with E-state index in [4.69, 9.17) is 4.74 Å². The zero-order valence-electron chi connectivity index (χ0n) is 8.79. The van der Waals surface area contributed by atoms with E-state index >= 15 is 0 Å². The third kappa shape index (κ3) is 2.63. The lowest BCUT2D eigenvalue weighted by atomic mass is 10.2. The van der Waals surface area contributed by atoms with E-state index in [1.165, 1.54) is 25.7 Å². The maximum absolute atomic E-state index is 11.4. The molecular formula is C11H19NO2. The Morgan fingerprint density at radius 2 is 1.93 bits per heavy atom. The van der Waals surface area contributed by atoms with Gasteiger partial charge in [-0.25, -0.2) is 4.79 Å². The summed E-state index contributed by atoms with van der Waals surface area (Å²) in [5.41, 5.74) is 0. The molecule has 0 spiro atoms. The molecule has 0 bridgehead atoms. The molecule has 2 saturated carbocycles. The number of nitrogens with one attached hydrogen (secondary N) is 1. The zero-order valence-corrected chi connectivity index (χ0v) is 8.79. The molecule has 1 unspecified atom stereocenters. The summed E-state index contributed by atoms with van der Waals surface area (Å²) in [6.45, 7) is 2.06. The standard InChI is InChI=1S/C11H19NO2/c1-8(9-6-7-9)12-11(13)14-10-4-2-3-5-10/h8-10H,2-7H2,1H3,(H,12,13). The fourth-order valence-electron chi connectivity index (χ4n) is 2.09. The van der Waals surface area contributed by atoms with E-state index in [0.29, 0.717) is 12.0 Å². The number of ether oxygens (including phenoxy) is 1. The summed E-state index contributed by atoms with van der Waals surface area (Å²) in [5.74, 6) is 0.700. The number of alkyl carbamates (subject to hydrolysis) is 1. The lowest BCUT2D eigenvalue weighted by Gasteiger charge is -2.16. The van der Waals surface area contributed by atoms with Gasteiger partial charge in [-0.1, -0.05) is 0 Å². The molecule has 2 aliphatic rings. The SMILES string of the molecule is CC(NC(=O)OC1CCCC1)C1CC1. The molecule has 2 aliphatic carbocycles. The van der Waals surface area contributed by atoms with E-state index in [9.17, 15) is 4.79 Å². The summed E-state index contributed by atoms with van der Waals surface area (Å²) in [7, 11) is 0. The van der Waals surface area contributed by atoms with Gasteiger partial charge < -0.3 is 10.1 Å². The predicted molar refractivity (Wildman–Crippen MR) is 54.1 cm³/mol. The second kappa shape index (κ2) is 4.20. The molecule has 0 aromatic carbocycles. The van der Waals surface area contributed by atoms with Gasteiger partial charge >= 0.3 is 6.09 Å². The van der Waals surface area contributed by atoms with Crippen molar-refractivity contribution in [1.29, 1.82) is 0 Å². The third-order valence-corrected chi connectivity index (χ3v) is 3.25. The highest BCUT2D eigenvalue weighted by Gasteiger charge is 2.30. The summed E-state index contributed by atoms with van der Waals surface area (Å²) < 4.78 is 5.31. The van der Waals surface area contributed by atoms with Gasteiger partial charge in [0.05, 0.1) is 0 Å². The van der Waals surface area contributed by atoms with E-state index in [2.05, 4.69) is 12.2 Å². The number of hydrogen-bond donors (Lipinski definition) is 1. The van der Waals surface area contributed by atoms with E-state index in [0.717, 1.165) is 12.8 Å². The van der Waals surface area contributed by atoms with Crippen molar-refractivity contribution in [2.75, 3.05) is 0 Å². The van der Waals surface area contributed by atoms with Gasteiger partial charge in [-0.3, -0.25) is 0 Å². The van der Waals surface area contributed by atoms with Gasteiger partial charge in [0.15, 0.2) is 0 Å². The van der Waals surface area contributed by atoms with Crippen LogP contribution < -0.4 is 5.32 Å². The molecule has 1 amide bonds. The van der Waals surface area contributed by atoms with Crippen molar-refractivity contribution in [3.8, 4) is 0 Å². The highest BCUT2D eigenvalue weighted by Crippen LogP contribution is 2.32. The highest BCUT2D eigenvalue weighted by molar-refractivity contribution is 5.67. The smallest absolute Gasteiger partial charge is 0.407 e. The molecule has 0 aromatic heterocycles. The Kier molecular flexibility index (Phi) is 2.94. The highest BCUT2D eigenvalue weighted by atomic mass is 16.6. The molecule has 3 heteroatoms. The summed E-state index contributed by atoms with van der Waals surface area (Å²) >= 11 is 0. The van der Waals surface area contributed by atoms with Gasteiger partial charge in [-0.15, -0.1) is 0 Å². The van der Waals surface area contributed by atoms with Crippen molar-refractivity contribution < 1.29 is 9.53 Å². The topological polar surface area (TPSA) is 38.3 Å². The van der Waals surface area contributed by atoms with Crippen LogP contribution >= 0.6 is 0 Å². The molecule has 3 nitrogen and oxygen atoms in total. The fourth-order valence-corrected chi connectivity index (χ4v) is 2.09. The normalized spacial score (nSPS) is 24.6. The molecule has 14 heavy (non-hydrogen) atoms. The molecule has 0 heterocycles. The first-order valence-corrected chi connectivity index (χ1v) is 5.73. The molecule has 0 saturated heterocycles. The zero-order chi connectivity index (χ0) is 9.97. The molecule has 2 fully saturated rings. The van der Waals surface area contributed by atoms with Crippen LogP contribution in [0, 0.1) is 5.92 Å². The Labute approximate surface area is 85.2 Å². The minimum Gasteiger partial charge on any atom is -0.446 e. The van der Waals surface area contributed by atoms with Crippen molar-refractivity contribution in [3.05, 3.63) is 0 Å². The van der Waals surface area contributed by atoms with E-state index in [1.54, 1.807) is 0 Å². The van der Waals surface area contributed by atoms with Crippen LogP contribution in [0.2, 0.25) is 0 Å². The quantitative estimate of drug-likeness (QED) is 0.754. The van der Waals surface area contributed by atoms with Crippen LogP contribution in [0.15, 0.2) is 0 Å². The average molecular weight is 197 g/mol. The Morgan fingerprint density at radius 3 is 2.50 bits per heavy atom. The molecule has 1 N–H and O–H groups in total. The van der Waals surface area contributed by atoms with Crippen molar-refractivity contribution in [3.63, 3.8) is 0 Å². The molecule has 0 aliphatic heterocycles. The number of amides is 1. The maximum Gasteiger partial charge on any atom is 0.407 e. The number of carbonyl (C=O) groups excluding carboxylic acids is 1. The summed E-state index contributed by atoms with van der Waals surface area (Å²) in [6.07, 6.45) is 6.98. The fraction of sp³-hybridized carbons (Fsp3) is 0.909. The van der Waals surface area contributed by atoms with Crippen LogP contribution in [0.1, 0.15) is 45.4 Å². The number of hydrogen-bond acceptors (Lipinski definition) is 2. The maximum atomic E-state index is 11.4. The van der Waals surface area contributed by atoms with Gasteiger partial charge in [-0.2, -0.15) is 0 Å². The molecule has 0 radical (unpaired) electrons. The van der Waals surface area contributed by atoms with Crippen molar-refractivity contribution >= 4 is 6.09 Å². The Balaban J connectivity index is 1.66. The third-order valence-electron chi connectivity index (χ3n) is 3.25. The first-order chi connectivity index (χ1) is 6.75. The van der Waals surface area contributed by atoms with Crippen LogP contribution in [0.5, 0.6) is 0 Å². The average Bonchev–Trinajstić information content (AvgIpc) is 2.87. The van der Waals surface area contributed by atoms with E-state index in [1.807, 2.05) is 0 Å². The second-order valence-electron chi connectivity index (χ2n) is 4.58. The monoisotopic (exact) mass is 197 g/mol. The van der Waals surface area contributed by atoms with Crippen molar-refractivity contribution in [2.24, 2.45) is 5.92 Å². The van der Waals surface area contributed by atoms with Crippen LogP contribution in [-0.2, 0) is 4.74 Å². The van der Waals surface area contributed by atoms with Gasteiger partial charge in [0, 0.05) is 6.04 Å². The summed E-state index contributed by atoms with van der Waals surface area (Å²) in [6, 6.07) is 0.295. The minimum atomic E-state index is -0.212.